The molecular weight excluding hydrogens is 817 g/mol. The fraction of sp³-hybridized carbons (Fsp3) is 0.280. The van der Waals surface area contributed by atoms with Crippen molar-refractivity contribution in [1.29, 1.82) is 0 Å². The fourth-order valence-electron chi connectivity index (χ4n) is 9.35. The number of fused-ring (bicyclic) bond motifs is 3. The highest BCUT2D eigenvalue weighted by molar-refractivity contribution is 6.12. The van der Waals surface area contributed by atoms with Crippen molar-refractivity contribution in [3.8, 4) is 17.6 Å². The van der Waals surface area contributed by atoms with Crippen LogP contribution < -0.4 is 15.4 Å². The molecule has 14 heteroatoms. The van der Waals surface area contributed by atoms with Crippen LogP contribution in [0.25, 0.3) is 0 Å². The second-order valence-corrected chi connectivity index (χ2v) is 15.6. The van der Waals surface area contributed by atoms with Crippen LogP contribution >= 0.6 is 0 Å². The number of amides is 2. The third-order valence-corrected chi connectivity index (χ3v) is 12.1. The van der Waals surface area contributed by atoms with Gasteiger partial charge in [-0.15, -0.1) is 0 Å². The zero-order chi connectivity index (χ0) is 44.8. The van der Waals surface area contributed by atoms with E-state index in [0.29, 0.717) is 34.5 Å². The molecular formula is C50H46N4O10. The average molecular weight is 863 g/mol. The van der Waals surface area contributed by atoms with E-state index in [4.69, 9.17) is 18.9 Å². The molecule has 0 bridgehead atoms. The number of carbonyl (C=O) groups is 5. The summed E-state index contributed by atoms with van der Waals surface area (Å²) in [6.07, 6.45) is 0.980. The van der Waals surface area contributed by atoms with Gasteiger partial charge in [-0.1, -0.05) is 90.7 Å². The smallest absolute Gasteiger partial charge is 0.324 e. The van der Waals surface area contributed by atoms with Gasteiger partial charge in [0.2, 0.25) is 11.8 Å². The molecule has 6 atom stereocenters. The van der Waals surface area contributed by atoms with Gasteiger partial charge in [-0.05, 0) is 64.7 Å². The lowest BCUT2D eigenvalue weighted by Crippen LogP contribution is -2.55. The lowest BCUT2D eigenvalue weighted by molar-refractivity contribution is -0.178. The number of aliphatic hydroxyl groups excluding tert-OH is 1. The number of nitrogens with zero attached hydrogens (tertiary/aromatic N) is 2. The molecule has 3 aliphatic rings. The first-order valence-electron chi connectivity index (χ1n) is 20.9. The molecule has 14 nitrogen and oxygen atoms in total. The first-order valence-corrected chi connectivity index (χ1v) is 20.9. The topological polar surface area (TPSA) is 183 Å². The van der Waals surface area contributed by atoms with Crippen LogP contribution in [0.3, 0.4) is 0 Å². The number of benzene rings is 4. The number of aromatic nitrogens is 1. The summed E-state index contributed by atoms with van der Waals surface area (Å²) in [4.78, 5) is 77.2. The lowest BCUT2D eigenvalue weighted by atomic mass is 9.65. The van der Waals surface area contributed by atoms with E-state index in [-0.39, 0.29) is 26.2 Å². The molecule has 4 heterocycles. The van der Waals surface area contributed by atoms with E-state index in [1.807, 2.05) is 89.8 Å². The molecule has 1 spiro atoms. The van der Waals surface area contributed by atoms with Crippen LogP contribution in [0.5, 0.6) is 5.75 Å². The second-order valence-electron chi connectivity index (χ2n) is 15.6. The Bertz CT molecular complexity index is 2570. The molecule has 8 rings (SSSR count). The Kier molecular flexibility index (Phi) is 12.8. The highest BCUT2D eigenvalue weighted by Crippen LogP contribution is 2.64. The van der Waals surface area contributed by atoms with Gasteiger partial charge in [-0.25, -0.2) is 0 Å². The number of ether oxygens (including phenoxy) is 4. The number of hydrogen-bond acceptors (Lipinski definition) is 12. The summed E-state index contributed by atoms with van der Waals surface area (Å²) in [5.41, 5.74) is 2.31. The zero-order valence-corrected chi connectivity index (χ0v) is 35.1. The molecule has 5 aromatic rings. The van der Waals surface area contributed by atoms with Gasteiger partial charge >= 0.3 is 17.9 Å². The van der Waals surface area contributed by atoms with Gasteiger partial charge in [-0.3, -0.25) is 33.9 Å². The number of carbonyl (C=O) groups excluding carboxylic acids is 5. The molecule has 2 fully saturated rings. The Morgan fingerprint density at radius 1 is 0.859 bits per heavy atom. The van der Waals surface area contributed by atoms with Crippen molar-refractivity contribution in [2.24, 2.45) is 11.8 Å². The van der Waals surface area contributed by atoms with E-state index in [1.54, 1.807) is 42.6 Å². The minimum Gasteiger partial charge on any atom is -0.491 e. The van der Waals surface area contributed by atoms with Crippen molar-refractivity contribution in [2.75, 3.05) is 39.3 Å². The van der Waals surface area contributed by atoms with Gasteiger partial charge in [0.15, 0.2) is 5.92 Å². The molecule has 2 saturated heterocycles. The third kappa shape index (κ3) is 8.07. The Hall–Kier alpha value is -7.34. The zero-order valence-electron chi connectivity index (χ0n) is 35.1. The molecule has 3 aliphatic heterocycles. The molecule has 3 N–H and O–H groups in total. The van der Waals surface area contributed by atoms with Crippen LogP contribution in [0, 0.1) is 23.7 Å². The lowest BCUT2D eigenvalue weighted by Gasteiger charge is -2.46. The maximum atomic E-state index is 15.5. The summed E-state index contributed by atoms with van der Waals surface area (Å²) in [7, 11) is 2.34. The van der Waals surface area contributed by atoms with Crippen LogP contribution in [-0.2, 0) is 50.0 Å². The summed E-state index contributed by atoms with van der Waals surface area (Å²) in [6, 6.07) is 33.7. The summed E-state index contributed by atoms with van der Waals surface area (Å²) in [5, 5.41) is 15.6. The van der Waals surface area contributed by atoms with E-state index >= 15 is 14.4 Å². The molecule has 0 aliphatic carbocycles. The molecule has 64 heavy (non-hydrogen) atoms. The van der Waals surface area contributed by atoms with E-state index < -0.39 is 71.2 Å². The van der Waals surface area contributed by atoms with Gasteiger partial charge < -0.3 is 34.7 Å². The highest BCUT2D eigenvalue weighted by atomic mass is 16.6. The normalized spacial score (nSPS) is 22.0. The quantitative estimate of drug-likeness (QED) is 0.0639. The molecule has 0 saturated carbocycles. The van der Waals surface area contributed by atoms with Crippen molar-refractivity contribution in [2.45, 2.75) is 42.5 Å². The highest BCUT2D eigenvalue weighted by Gasteiger charge is 2.74. The molecule has 0 radical (unpaired) electrons. The number of morpholine rings is 1. The summed E-state index contributed by atoms with van der Waals surface area (Å²) < 4.78 is 21.9. The van der Waals surface area contributed by atoms with E-state index in [1.165, 1.54) is 14.2 Å². The Morgan fingerprint density at radius 2 is 1.55 bits per heavy atom. The second kappa shape index (κ2) is 19.0. The molecule has 326 valence electrons. The summed E-state index contributed by atoms with van der Waals surface area (Å²) >= 11 is 0. The van der Waals surface area contributed by atoms with E-state index in [9.17, 15) is 14.7 Å². The van der Waals surface area contributed by atoms with Crippen molar-refractivity contribution in [3.63, 3.8) is 0 Å². The number of anilines is 1. The Labute approximate surface area is 369 Å². The first-order chi connectivity index (χ1) is 31.2. The van der Waals surface area contributed by atoms with Gasteiger partial charge in [-0.2, -0.15) is 0 Å². The predicted molar refractivity (Wildman–Crippen MR) is 232 cm³/mol. The number of nitrogens with one attached hydrogen (secondary N) is 2. The number of pyridine rings is 1. The largest absolute Gasteiger partial charge is 0.491 e. The van der Waals surface area contributed by atoms with Crippen molar-refractivity contribution < 1.29 is 48.0 Å². The Balaban J connectivity index is 1.34. The summed E-state index contributed by atoms with van der Waals surface area (Å²) in [6.45, 7) is 0.0139. The van der Waals surface area contributed by atoms with Crippen LogP contribution in [0.1, 0.15) is 58.1 Å². The van der Waals surface area contributed by atoms with E-state index in [2.05, 4.69) is 27.5 Å². The van der Waals surface area contributed by atoms with Crippen molar-refractivity contribution >= 4 is 35.4 Å². The van der Waals surface area contributed by atoms with Crippen LogP contribution in [0.4, 0.5) is 5.69 Å². The number of esters is 3. The van der Waals surface area contributed by atoms with Crippen molar-refractivity contribution in [1.82, 2.24) is 15.2 Å². The van der Waals surface area contributed by atoms with Gasteiger partial charge in [0.1, 0.15) is 29.9 Å². The van der Waals surface area contributed by atoms with Gasteiger partial charge in [0.05, 0.1) is 38.8 Å². The molecule has 0 unspecified atom stereocenters. The summed E-state index contributed by atoms with van der Waals surface area (Å²) in [5.74, 6) is 0.437. The maximum Gasteiger partial charge on any atom is 0.324 e. The van der Waals surface area contributed by atoms with Crippen LogP contribution in [0.2, 0.25) is 0 Å². The van der Waals surface area contributed by atoms with Crippen LogP contribution in [-0.4, -0.2) is 84.7 Å². The van der Waals surface area contributed by atoms with Crippen LogP contribution in [0.15, 0.2) is 128 Å². The standard InChI is InChI=1S/C50H46N4O10/c1-61-46(57)37(47(58)62-2)18-11-12-31-19-24-39-38(30-31)50(49(60)53-39)40(45(56)52-27-25-35-17-9-10-26-51-35)42-48(59)64-43(33-15-7-4-8-16-33)41(32-13-5-3-6-14-32)54(42)44(50)34-20-22-36(23-21-34)63-29-28-55/h3-10,13-17,19-24,26,30,37,40-44,55H,18,25,27-29H2,1-2H3,(H,52,56)(H,53,60)/t40-,41-,42-,43+,44+,50-/m0/s1. The predicted octanol–water partition coefficient (Wildman–Crippen LogP) is 4.79. The fourth-order valence-corrected chi connectivity index (χ4v) is 9.35. The molecule has 4 aromatic carbocycles. The van der Waals surface area contributed by atoms with Gasteiger partial charge in [0.25, 0.3) is 0 Å². The molecule has 2 amide bonds. The Morgan fingerprint density at radius 3 is 2.20 bits per heavy atom. The third-order valence-electron chi connectivity index (χ3n) is 12.1. The monoisotopic (exact) mass is 862 g/mol. The average Bonchev–Trinajstić information content (AvgIpc) is 3.81. The molecule has 1 aromatic heterocycles. The first kappa shape index (κ1) is 43.3. The van der Waals surface area contributed by atoms with Crippen molar-refractivity contribution in [3.05, 3.63) is 161 Å². The number of cyclic esters (lactones) is 1. The van der Waals surface area contributed by atoms with E-state index in [0.717, 1.165) is 16.8 Å². The minimum absolute atomic E-state index is 0.0575. The van der Waals surface area contributed by atoms with Gasteiger partial charge in [0, 0.05) is 42.5 Å². The number of rotatable bonds is 13. The number of aliphatic hydroxyl groups is 1. The number of hydrogen-bond donors (Lipinski definition) is 3. The SMILES string of the molecule is COC(=O)C(CC#Cc1ccc2c(c1)[C@]1(C(=O)N2)[C@H](C(=O)NCCc2ccccn2)[C@H]2C(=O)O[C@H](c3ccccc3)[C@H](c3ccccc3)N2[C@@H]1c1ccc(OCCO)cc1)C(=O)OC. The maximum absolute atomic E-state index is 15.5. The minimum atomic E-state index is -1.79. The number of methoxy groups -OCH3 is 2.